The molecule has 2 saturated carbocycles. The Labute approximate surface area is 232 Å². The number of nitrogens with zero attached hydrogens (tertiary/aromatic N) is 2. The summed E-state index contributed by atoms with van der Waals surface area (Å²) in [6.45, 7) is 0. The Kier molecular flexibility index (Phi) is 4.97. The van der Waals surface area contributed by atoms with Crippen molar-refractivity contribution in [2.75, 3.05) is 9.80 Å². The Morgan fingerprint density at radius 2 is 1.10 bits per heavy atom. The number of rotatable bonds is 3. The smallest absolute Gasteiger partial charge is 0.238 e. The zero-order valence-corrected chi connectivity index (χ0v) is 21.6. The minimum absolute atomic E-state index is 0.0878. The van der Waals surface area contributed by atoms with Gasteiger partial charge in [-0.2, -0.15) is 0 Å². The van der Waals surface area contributed by atoms with Gasteiger partial charge in [0, 0.05) is 5.56 Å². The molecule has 4 bridgehead atoms. The van der Waals surface area contributed by atoms with Gasteiger partial charge in [0.15, 0.2) is 0 Å². The largest absolute Gasteiger partial charge is 0.274 e. The van der Waals surface area contributed by atoms with Crippen molar-refractivity contribution in [1.29, 1.82) is 0 Å². The monoisotopic (exact) mass is 526 g/mol. The van der Waals surface area contributed by atoms with Crippen LogP contribution in [0.2, 0.25) is 0 Å². The Bertz CT molecular complexity index is 1610. The highest BCUT2D eigenvalue weighted by Gasteiger charge is 2.60. The van der Waals surface area contributed by atoms with Gasteiger partial charge >= 0.3 is 0 Å². The van der Waals surface area contributed by atoms with Crippen molar-refractivity contribution in [2.24, 2.45) is 47.3 Å². The van der Waals surface area contributed by atoms with Crippen LogP contribution in [-0.2, 0) is 19.2 Å². The van der Waals surface area contributed by atoms with E-state index in [1.54, 1.807) is 24.3 Å². The van der Waals surface area contributed by atoms with Crippen molar-refractivity contribution in [2.45, 2.75) is 12.8 Å². The highest BCUT2D eigenvalue weighted by Crippen LogP contribution is 2.54. The average Bonchev–Trinajstić information content (AvgIpc) is 3.80. The van der Waals surface area contributed by atoms with E-state index in [2.05, 4.69) is 36.1 Å². The quantitative estimate of drug-likeness (QED) is 0.338. The number of amides is 4. The van der Waals surface area contributed by atoms with Crippen molar-refractivity contribution in [1.82, 2.24) is 0 Å². The van der Waals surface area contributed by atoms with Crippen LogP contribution in [0.15, 0.2) is 78.9 Å². The van der Waals surface area contributed by atoms with Crippen molar-refractivity contribution in [3.05, 3.63) is 90.0 Å². The number of fused-ring (bicyclic) bond motifs is 10. The van der Waals surface area contributed by atoms with E-state index < -0.39 is 0 Å². The van der Waals surface area contributed by atoms with Gasteiger partial charge in [0.25, 0.3) is 0 Å². The molecule has 2 aromatic rings. The van der Waals surface area contributed by atoms with Gasteiger partial charge in [0.05, 0.1) is 35.0 Å². The highest BCUT2D eigenvalue weighted by atomic mass is 16.2. The molecule has 6 heteroatoms. The SMILES string of the molecule is O=C1[C@@H]2[C@H](C(=O)N1c1cccc(C#C/C=C/c3cccc(N4C(=O)[C@@H]5[C@H](C4=O)[C@H]4C=C[C@H]5C4)c3)c1)[C@H]1C=C[C@H]2C1. The molecule has 2 heterocycles. The fourth-order valence-corrected chi connectivity index (χ4v) is 8.07. The Morgan fingerprint density at radius 3 is 1.62 bits per heavy atom. The molecular weight excluding hydrogens is 500 g/mol. The van der Waals surface area contributed by atoms with Gasteiger partial charge in [0.2, 0.25) is 23.6 Å². The topological polar surface area (TPSA) is 74.8 Å². The van der Waals surface area contributed by atoms with Crippen LogP contribution in [0.25, 0.3) is 6.08 Å². The maximum absolute atomic E-state index is 13.2. The fraction of sp³-hybridized carbons (Fsp3) is 0.294. The van der Waals surface area contributed by atoms with Crippen molar-refractivity contribution >= 4 is 41.1 Å². The number of benzene rings is 2. The summed E-state index contributed by atoms with van der Waals surface area (Å²) in [5.41, 5.74) is 2.71. The lowest BCUT2D eigenvalue weighted by atomic mass is 9.85. The first kappa shape index (κ1) is 23.4. The van der Waals surface area contributed by atoms with E-state index in [0.717, 1.165) is 18.4 Å². The molecular formula is C34H26N2O4. The molecule has 8 atom stereocenters. The number of allylic oxidation sites excluding steroid dienone is 5. The molecule has 2 aromatic carbocycles. The van der Waals surface area contributed by atoms with Crippen LogP contribution >= 0.6 is 0 Å². The van der Waals surface area contributed by atoms with E-state index in [9.17, 15) is 19.2 Å². The summed E-state index contributed by atoms with van der Waals surface area (Å²) in [5, 5.41) is 0. The van der Waals surface area contributed by atoms with Gasteiger partial charge in [-0.15, -0.1) is 0 Å². The molecule has 2 saturated heterocycles. The molecule has 0 radical (unpaired) electrons. The molecule has 196 valence electrons. The van der Waals surface area contributed by atoms with Gasteiger partial charge in [-0.1, -0.05) is 54.3 Å². The van der Waals surface area contributed by atoms with Gasteiger partial charge in [0.1, 0.15) is 0 Å². The number of anilines is 2. The molecule has 40 heavy (non-hydrogen) atoms. The number of carbonyl (C=O) groups is 4. The summed E-state index contributed by atoms with van der Waals surface area (Å²) in [5.74, 6) is 5.57. The summed E-state index contributed by atoms with van der Waals surface area (Å²) < 4.78 is 0. The first-order valence-electron chi connectivity index (χ1n) is 14.0. The van der Waals surface area contributed by atoms with Crippen LogP contribution in [-0.4, -0.2) is 23.6 Å². The van der Waals surface area contributed by atoms with Crippen LogP contribution in [0, 0.1) is 59.2 Å². The predicted octanol–water partition coefficient (Wildman–Crippen LogP) is 4.37. The van der Waals surface area contributed by atoms with Crippen molar-refractivity contribution in [3.63, 3.8) is 0 Å². The number of hydrogen-bond acceptors (Lipinski definition) is 4. The first-order chi connectivity index (χ1) is 19.5. The van der Waals surface area contributed by atoms with E-state index in [4.69, 9.17) is 0 Å². The lowest BCUT2D eigenvalue weighted by Gasteiger charge is -2.17. The molecule has 6 aliphatic rings. The lowest BCUT2D eigenvalue weighted by molar-refractivity contribution is -0.124. The minimum atomic E-state index is -0.228. The van der Waals surface area contributed by atoms with Gasteiger partial charge in [-0.3, -0.25) is 19.2 Å². The Balaban J connectivity index is 0.987. The molecule has 0 N–H and O–H groups in total. The average molecular weight is 527 g/mol. The van der Waals surface area contributed by atoms with Gasteiger partial charge < -0.3 is 0 Å². The summed E-state index contributed by atoms with van der Waals surface area (Å²) in [7, 11) is 0. The first-order valence-corrected chi connectivity index (χ1v) is 14.0. The molecule has 0 aromatic heterocycles. The second-order valence-electron chi connectivity index (χ2n) is 11.8. The molecule has 0 unspecified atom stereocenters. The van der Waals surface area contributed by atoms with E-state index in [1.807, 2.05) is 36.4 Å². The van der Waals surface area contributed by atoms with Crippen LogP contribution in [0.1, 0.15) is 24.0 Å². The molecule has 0 spiro atoms. The van der Waals surface area contributed by atoms with Crippen molar-refractivity contribution < 1.29 is 19.2 Å². The van der Waals surface area contributed by atoms with E-state index in [0.29, 0.717) is 16.9 Å². The lowest BCUT2D eigenvalue weighted by Crippen LogP contribution is -2.32. The zero-order valence-electron chi connectivity index (χ0n) is 21.6. The summed E-state index contributed by atoms with van der Waals surface area (Å²) in [4.78, 5) is 55.3. The summed E-state index contributed by atoms with van der Waals surface area (Å²) in [6.07, 6.45) is 13.8. The maximum atomic E-state index is 13.2. The van der Waals surface area contributed by atoms with Crippen LogP contribution < -0.4 is 9.80 Å². The summed E-state index contributed by atoms with van der Waals surface area (Å²) in [6, 6.07) is 14.6. The van der Waals surface area contributed by atoms with Gasteiger partial charge in [-0.05, 0) is 84.6 Å². The minimum Gasteiger partial charge on any atom is -0.274 e. The van der Waals surface area contributed by atoms with Gasteiger partial charge in [-0.25, -0.2) is 9.80 Å². The zero-order chi connectivity index (χ0) is 27.1. The van der Waals surface area contributed by atoms with Crippen LogP contribution in [0.4, 0.5) is 11.4 Å². The molecule has 4 aliphatic carbocycles. The Hall–Kier alpha value is -4.50. The second kappa shape index (κ2) is 8.50. The van der Waals surface area contributed by atoms with Crippen LogP contribution in [0.3, 0.4) is 0 Å². The molecule has 6 nitrogen and oxygen atoms in total. The molecule has 4 fully saturated rings. The molecule has 2 aliphatic heterocycles. The van der Waals surface area contributed by atoms with E-state index in [-0.39, 0.29) is 71.0 Å². The maximum Gasteiger partial charge on any atom is 0.238 e. The van der Waals surface area contributed by atoms with E-state index in [1.165, 1.54) is 9.80 Å². The number of hydrogen-bond donors (Lipinski definition) is 0. The normalized spacial score (nSPS) is 34.4. The standard InChI is InChI=1S/C34H26N2O4/c37-31-27-21-11-12-22(17-21)28(27)32(38)35(31)25-9-3-7-19(15-25)5-1-2-6-20-8-4-10-26(16-20)36-33(39)29-23-13-14-24(18-23)30(29)34(36)40/h1,3-5,7-16,21-24,27-30H,17-18H2/b5-1+/t21-,22-,23-,24-,27-,28+,29-,30+/m0/s1. The van der Waals surface area contributed by atoms with E-state index >= 15 is 0 Å². The van der Waals surface area contributed by atoms with Crippen molar-refractivity contribution in [3.8, 4) is 11.8 Å². The van der Waals surface area contributed by atoms with Crippen LogP contribution in [0.5, 0.6) is 0 Å². The number of imide groups is 2. The highest BCUT2D eigenvalue weighted by molar-refractivity contribution is 6.23. The third kappa shape index (κ3) is 3.24. The fourth-order valence-electron chi connectivity index (χ4n) is 8.07. The third-order valence-electron chi connectivity index (χ3n) is 9.75. The molecule has 8 rings (SSSR count). The number of carbonyl (C=O) groups excluding carboxylic acids is 4. The Morgan fingerprint density at radius 1 is 0.625 bits per heavy atom. The summed E-state index contributed by atoms with van der Waals surface area (Å²) >= 11 is 0. The second-order valence-corrected chi connectivity index (χ2v) is 11.8. The third-order valence-corrected chi connectivity index (χ3v) is 9.75. The molecule has 4 amide bonds. The predicted molar refractivity (Wildman–Crippen MR) is 149 cm³/mol.